The lowest BCUT2D eigenvalue weighted by atomic mass is 9.99. The quantitative estimate of drug-likeness (QED) is 0.293. The van der Waals surface area contributed by atoms with E-state index in [1.54, 1.807) is 13.8 Å². The second kappa shape index (κ2) is 13.3. The average molecular weight is 653 g/mol. The van der Waals surface area contributed by atoms with Gasteiger partial charge in [0.25, 0.3) is 15.9 Å². The molecule has 0 bridgehead atoms. The molecule has 0 aromatic heterocycles. The summed E-state index contributed by atoms with van der Waals surface area (Å²) < 4.78 is 86.3. The van der Waals surface area contributed by atoms with Crippen molar-refractivity contribution in [2.75, 3.05) is 36.8 Å². The van der Waals surface area contributed by atoms with E-state index < -0.39 is 51.7 Å². The van der Waals surface area contributed by atoms with Gasteiger partial charge in [-0.05, 0) is 73.7 Å². The highest BCUT2D eigenvalue weighted by atomic mass is 32.2. The van der Waals surface area contributed by atoms with Gasteiger partial charge in [0.1, 0.15) is 17.7 Å². The maximum atomic E-state index is 13.7. The second-order valence-electron chi connectivity index (χ2n) is 10.8. The zero-order chi connectivity index (χ0) is 33.1. The first-order chi connectivity index (χ1) is 21.1. The molecule has 45 heavy (non-hydrogen) atoms. The van der Waals surface area contributed by atoms with Crippen LogP contribution in [-0.4, -0.2) is 74.2 Å². The van der Waals surface area contributed by atoms with Crippen molar-refractivity contribution in [2.24, 2.45) is 5.92 Å². The lowest BCUT2D eigenvalue weighted by molar-refractivity contribution is -0.137. The molecule has 3 amide bonds. The van der Waals surface area contributed by atoms with Crippen LogP contribution in [0.1, 0.15) is 29.8 Å². The van der Waals surface area contributed by atoms with Crippen LogP contribution in [0.3, 0.4) is 0 Å². The predicted molar refractivity (Wildman–Crippen MR) is 158 cm³/mol. The summed E-state index contributed by atoms with van der Waals surface area (Å²) in [4.78, 5) is 29.1. The Morgan fingerprint density at radius 2 is 1.71 bits per heavy atom. The van der Waals surface area contributed by atoms with Crippen molar-refractivity contribution >= 4 is 33.3 Å². The summed E-state index contributed by atoms with van der Waals surface area (Å²) in [5, 5.41) is 12.4. The molecule has 0 saturated heterocycles. The maximum Gasteiger partial charge on any atom is 0.416 e. The maximum absolute atomic E-state index is 13.7. The number of nitrogens with zero attached hydrogens (tertiary/aromatic N) is 2. The average Bonchev–Trinajstić information content (AvgIpc) is 2.98. The molecule has 0 unspecified atom stereocenters. The fourth-order valence-corrected chi connectivity index (χ4v) is 5.70. The topological polar surface area (TPSA) is 128 Å². The predicted octanol–water partition coefficient (Wildman–Crippen LogP) is 5.03. The summed E-state index contributed by atoms with van der Waals surface area (Å²) in [5.41, 5.74) is -0.666. The third-order valence-corrected chi connectivity index (χ3v) is 8.70. The second-order valence-corrected chi connectivity index (χ2v) is 12.5. The summed E-state index contributed by atoms with van der Waals surface area (Å²) in [7, 11) is -2.66. The summed E-state index contributed by atoms with van der Waals surface area (Å²) in [6, 6.07) is 11.0. The van der Waals surface area contributed by atoms with E-state index >= 15 is 0 Å². The monoisotopic (exact) mass is 652 g/mol. The molecule has 0 aliphatic carbocycles. The van der Waals surface area contributed by atoms with Crippen molar-refractivity contribution in [1.82, 2.24) is 9.80 Å². The standard InChI is InChI=1S/C30H32F4N4O6S/c1-18-15-38(19(2)17-39)28(40)25-14-23(36-45(42,43)24-11-6-21(31)7-12-24)10-13-26(25)44-27(18)16-37(3)29(41)35-22-8-4-20(5-9-22)30(32,33)34/h4-14,18-19,27,36,39H,15-17H2,1-3H3,(H,35,41)/t18-,19-,27+/m0/s1. The number of fused-ring (bicyclic) bond motifs is 1. The van der Waals surface area contributed by atoms with E-state index in [0.717, 1.165) is 48.5 Å². The smallest absolute Gasteiger partial charge is 0.416 e. The van der Waals surface area contributed by atoms with E-state index in [1.807, 2.05) is 0 Å². The Bertz CT molecular complexity index is 1640. The summed E-state index contributed by atoms with van der Waals surface area (Å²) in [6.07, 6.45) is -5.21. The Morgan fingerprint density at radius 1 is 1.09 bits per heavy atom. The van der Waals surface area contributed by atoms with Gasteiger partial charge in [-0.25, -0.2) is 17.6 Å². The summed E-state index contributed by atoms with van der Waals surface area (Å²) in [5.74, 6) is -1.39. The number of anilines is 2. The molecule has 0 spiro atoms. The van der Waals surface area contributed by atoms with Crippen LogP contribution >= 0.6 is 0 Å². The Morgan fingerprint density at radius 3 is 2.31 bits per heavy atom. The minimum Gasteiger partial charge on any atom is -0.487 e. The van der Waals surface area contributed by atoms with E-state index in [1.165, 1.54) is 35.0 Å². The number of aliphatic hydroxyl groups is 1. The molecule has 10 nitrogen and oxygen atoms in total. The number of ether oxygens (including phenoxy) is 1. The molecule has 0 saturated carbocycles. The minimum atomic E-state index is -4.52. The Labute approximate surface area is 257 Å². The van der Waals surface area contributed by atoms with Crippen molar-refractivity contribution < 1.29 is 45.4 Å². The van der Waals surface area contributed by atoms with E-state index in [4.69, 9.17) is 4.74 Å². The van der Waals surface area contributed by atoms with Gasteiger partial charge >= 0.3 is 12.2 Å². The number of rotatable bonds is 8. The van der Waals surface area contributed by atoms with Gasteiger partial charge in [0.05, 0.1) is 35.2 Å². The lowest BCUT2D eigenvalue weighted by Crippen LogP contribution is -2.50. The number of sulfonamides is 1. The van der Waals surface area contributed by atoms with Crippen LogP contribution in [0.2, 0.25) is 0 Å². The first kappa shape index (κ1) is 33.5. The highest BCUT2D eigenvalue weighted by molar-refractivity contribution is 7.92. The van der Waals surface area contributed by atoms with Crippen molar-refractivity contribution in [3.8, 4) is 5.75 Å². The molecule has 242 valence electrons. The van der Waals surface area contributed by atoms with Crippen LogP contribution in [0.15, 0.2) is 71.6 Å². The number of carbonyl (C=O) groups excluding carboxylic acids is 2. The molecule has 3 atom stereocenters. The number of amides is 3. The molecule has 15 heteroatoms. The lowest BCUT2D eigenvalue weighted by Gasteiger charge is -2.38. The van der Waals surface area contributed by atoms with Gasteiger partial charge in [-0.1, -0.05) is 6.92 Å². The van der Waals surface area contributed by atoms with Gasteiger partial charge in [0.15, 0.2) is 0 Å². The SMILES string of the molecule is C[C@H]1CN([C@@H](C)CO)C(=O)c2cc(NS(=O)(=O)c3ccc(F)cc3)ccc2O[C@@H]1CN(C)C(=O)Nc1ccc(C(F)(F)F)cc1. The van der Waals surface area contributed by atoms with Gasteiger partial charge in [-0.15, -0.1) is 0 Å². The van der Waals surface area contributed by atoms with E-state index in [-0.39, 0.29) is 53.2 Å². The number of hydrogen-bond donors (Lipinski definition) is 3. The van der Waals surface area contributed by atoms with Crippen LogP contribution < -0.4 is 14.8 Å². The van der Waals surface area contributed by atoms with E-state index in [9.17, 15) is 40.7 Å². The van der Waals surface area contributed by atoms with Gasteiger partial charge in [0.2, 0.25) is 0 Å². The zero-order valence-electron chi connectivity index (χ0n) is 24.5. The molecule has 4 rings (SSSR count). The Hall–Kier alpha value is -4.37. The van der Waals surface area contributed by atoms with E-state index in [2.05, 4.69) is 10.0 Å². The number of nitrogens with one attached hydrogen (secondary N) is 2. The number of hydrogen-bond acceptors (Lipinski definition) is 6. The highest BCUT2D eigenvalue weighted by Crippen LogP contribution is 2.32. The molecular formula is C30H32F4N4O6S. The van der Waals surface area contributed by atoms with Crippen LogP contribution in [-0.2, 0) is 16.2 Å². The van der Waals surface area contributed by atoms with Crippen LogP contribution in [0.4, 0.5) is 33.7 Å². The number of likely N-dealkylation sites (N-methyl/N-ethyl adjacent to an activating group) is 1. The molecule has 1 heterocycles. The summed E-state index contributed by atoms with van der Waals surface area (Å²) in [6.45, 7) is 3.21. The Balaban J connectivity index is 1.57. The zero-order valence-corrected chi connectivity index (χ0v) is 25.3. The van der Waals surface area contributed by atoms with Crippen molar-refractivity contribution in [1.29, 1.82) is 0 Å². The normalized spacial score (nSPS) is 17.8. The van der Waals surface area contributed by atoms with Crippen LogP contribution in [0, 0.1) is 11.7 Å². The molecule has 1 aliphatic heterocycles. The fourth-order valence-electron chi connectivity index (χ4n) is 4.65. The first-order valence-corrected chi connectivity index (χ1v) is 15.3. The third kappa shape index (κ3) is 8.02. The van der Waals surface area contributed by atoms with Crippen LogP contribution in [0.5, 0.6) is 5.75 Å². The molecule has 0 fully saturated rings. The number of halogens is 4. The van der Waals surface area contributed by atoms with Crippen molar-refractivity contribution in [3.63, 3.8) is 0 Å². The minimum absolute atomic E-state index is 0.00155. The van der Waals surface area contributed by atoms with E-state index in [0.29, 0.717) is 0 Å². The number of aliphatic hydroxyl groups excluding tert-OH is 1. The summed E-state index contributed by atoms with van der Waals surface area (Å²) >= 11 is 0. The van der Waals surface area contributed by atoms with Crippen molar-refractivity contribution in [2.45, 2.75) is 37.1 Å². The highest BCUT2D eigenvalue weighted by Gasteiger charge is 2.35. The third-order valence-electron chi connectivity index (χ3n) is 7.30. The van der Waals surface area contributed by atoms with Gasteiger partial charge < -0.3 is 25.0 Å². The first-order valence-electron chi connectivity index (χ1n) is 13.8. The molecule has 0 radical (unpaired) electrons. The van der Waals surface area contributed by atoms with Gasteiger partial charge in [-0.2, -0.15) is 13.2 Å². The van der Waals surface area contributed by atoms with Crippen molar-refractivity contribution in [3.05, 3.63) is 83.7 Å². The molecule has 3 aromatic carbocycles. The number of carbonyl (C=O) groups is 2. The molecule has 3 N–H and O–H groups in total. The number of urea groups is 1. The number of benzene rings is 3. The Kier molecular flexibility index (Phi) is 9.92. The fraction of sp³-hybridized carbons (Fsp3) is 0.333. The molecular weight excluding hydrogens is 620 g/mol. The number of alkyl halides is 3. The largest absolute Gasteiger partial charge is 0.487 e. The van der Waals surface area contributed by atoms with Gasteiger partial charge in [-0.3, -0.25) is 9.52 Å². The molecule has 1 aliphatic rings. The van der Waals surface area contributed by atoms with Crippen LogP contribution in [0.25, 0.3) is 0 Å². The van der Waals surface area contributed by atoms with Gasteiger partial charge in [0, 0.05) is 30.9 Å². The molecule has 3 aromatic rings.